The third kappa shape index (κ3) is 4.19. The van der Waals surface area contributed by atoms with E-state index in [1.165, 1.54) is 6.07 Å². The smallest absolute Gasteiger partial charge is 0.331 e. The second kappa shape index (κ2) is 8.04. The maximum absolute atomic E-state index is 13.6. The van der Waals surface area contributed by atoms with Crippen molar-refractivity contribution in [2.24, 2.45) is 0 Å². The van der Waals surface area contributed by atoms with E-state index in [0.29, 0.717) is 12.8 Å². The molecular formula is C18H21F2NO3. The molecule has 0 radical (unpaired) electrons. The molecule has 1 aliphatic rings. The number of amides is 1. The molecule has 0 unspecified atom stereocenters. The summed E-state index contributed by atoms with van der Waals surface area (Å²) in [7, 11) is 0. The zero-order chi connectivity index (χ0) is 17.6. The van der Waals surface area contributed by atoms with E-state index < -0.39 is 29.0 Å². The van der Waals surface area contributed by atoms with E-state index in [1.54, 1.807) is 6.92 Å². The second-order valence-electron chi connectivity index (χ2n) is 5.82. The van der Waals surface area contributed by atoms with E-state index in [4.69, 9.17) is 4.74 Å². The van der Waals surface area contributed by atoms with Crippen molar-refractivity contribution in [3.05, 3.63) is 41.5 Å². The average Bonchev–Trinajstić information content (AvgIpc) is 2.55. The number of hydrogen-bond acceptors (Lipinski definition) is 3. The number of benzene rings is 1. The van der Waals surface area contributed by atoms with Gasteiger partial charge in [-0.3, -0.25) is 4.79 Å². The molecule has 1 N–H and O–H groups in total. The van der Waals surface area contributed by atoms with Gasteiger partial charge in [0, 0.05) is 11.6 Å². The van der Waals surface area contributed by atoms with Crippen LogP contribution in [0.1, 0.15) is 44.6 Å². The lowest BCUT2D eigenvalue weighted by Gasteiger charge is -2.35. The minimum Gasteiger partial charge on any atom is -0.464 e. The Morgan fingerprint density at radius 3 is 2.42 bits per heavy atom. The summed E-state index contributed by atoms with van der Waals surface area (Å²) in [5.41, 5.74) is -1.34. The summed E-state index contributed by atoms with van der Waals surface area (Å²) in [4.78, 5) is 24.4. The number of ether oxygens (including phenoxy) is 1. The molecule has 0 heterocycles. The molecule has 2 rings (SSSR count). The van der Waals surface area contributed by atoms with E-state index in [9.17, 15) is 18.4 Å². The van der Waals surface area contributed by atoms with Crippen molar-refractivity contribution in [1.29, 1.82) is 0 Å². The summed E-state index contributed by atoms with van der Waals surface area (Å²) in [6.07, 6.45) is 5.72. The van der Waals surface area contributed by atoms with Gasteiger partial charge in [-0.2, -0.15) is 0 Å². The first-order chi connectivity index (χ1) is 11.5. The molecule has 1 aliphatic carbocycles. The number of esters is 1. The molecule has 0 bridgehead atoms. The van der Waals surface area contributed by atoms with Crippen LogP contribution >= 0.6 is 0 Å². The Morgan fingerprint density at radius 1 is 1.21 bits per heavy atom. The normalized spacial score (nSPS) is 16.8. The van der Waals surface area contributed by atoms with Gasteiger partial charge >= 0.3 is 5.97 Å². The molecule has 1 aromatic rings. The average molecular weight is 337 g/mol. The van der Waals surface area contributed by atoms with Crippen LogP contribution < -0.4 is 5.32 Å². The number of halogens is 2. The third-order valence-corrected chi connectivity index (χ3v) is 4.14. The van der Waals surface area contributed by atoms with Gasteiger partial charge in [0.25, 0.3) is 0 Å². The first kappa shape index (κ1) is 18.1. The summed E-state index contributed by atoms with van der Waals surface area (Å²) in [6, 6.07) is 3.48. The molecule has 6 heteroatoms. The van der Waals surface area contributed by atoms with Gasteiger partial charge in [0.15, 0.2) is 0 Å². The number of rotatable bonds is 5. The number of carbonyl (C=O) groups excluding carboxylic acids is 2. The molecule has 0 aromatic heterocycles. The molecule has 0 atom stereocenters. The lowest BCUT2D eigenvalue weighted by molar-refractivity contribution is -0.154. The van der Waals surface area contributed by atoms with E-state index in [-0.39, 0.29) is 12.2 Å². The van der Waals surface area contributed by atoms with Crippen LogP contribution in [0.3, 0.4) is 0 Å². The van der Waals surface area contributed by atoms with Crippen LogP contribution in [0.5, 0.6) is 0 Å². The summed E-state index contributed by atoms with van der Waals surface area (Å²) < 4.78 is 32.2. The predicted octanol–water partition coefficient (Wildman–Crippen LogP) is 3.36. The molecular weight excluding hydrogens is 316 g/mol. The molecule has 1 amide bonds. The van der Waals surface area contributed by atoms with Crippen molar-refractivity contribution in [2.75, 3.05) is 6.61 Å². The minimum atomic E-state index is -1.05. The van der Waals surface area contributed by atoms with Crippen LogP contribution in [0.2, 0.25) is 0 Å². The van der Waals surface area contributed by atoms with Crippen LogP contribution in [-0.4, -0.2) is 24.0 Å². The highest BCUT2D eigenvalue weighted by Crippen LogP contribution is 2.29. The van der Waals surface area contributed by atoms with Gasteiger partial charge in [-0.1, -0.05) is 25.3 Å². The standard InChI is InChI=1S/C18H21F2NO3/c1-2-24-17(23)18(11-4-3-5-12-18)21-16(22)10-9-13-14(19)7-6-8-15(13)20/h6-10H,2-5,11-12H2,1H3,(H,21,22)/b10-9+. The molecule has 1 saturated carbocycles. The Labute approximate surface area is 139 Å². The Hall–Kier alpha value is -2.24. The van der Waals surface area contributed by atoms with Crippen molar-refractivity contribution in [3.63, 3.8) is 0 Å². The second-order valence-corrected chi connectivity index (χ2v) is 5.82. The highest BCUT2D eigenvalue weighted by Gasteiger charge is 2.41. The fraction of sp³-hybridized carbons (Fsp3) is 0.444. The number of nitrogens with one attached hydrogen (secondary N) is 1. The quantitative estimate of drug-likeness (QED) is 0.662. The fourth-order valence-corrected chi connectivity index (χ4v) is 2.91. The fourth-order valence-electron chi connectivity index (χ4n) is 2.91. The minimum absolute atomic E-state index is 0.229. The van der Waals surface area contributed by atoms with Gasteiger partial charge in [0.05, 0.1) is 6.61 Å². The summed E-state index contributed by atoms with van der Waals surface area (Å²) in [5.74, 6) is -2.54. The van der Waals surface area contributed by atoms with Crippen LogP contribution in [0.15, 0.2) is 24.3 Å². The van der Waals surface area contributed by atoms with E-state index in [2.05, 4.69) is 5.32 Å². The molecule has 24 heavy (non-hydrogen) atoms. The lowest BCUT2D eigenvalue weighted by Crippen LogP contribution is -2.56. The Bertz CT molecular complexity index is 617. The van der Waals surface area contributed by atoms with E-state index >= 15 is 0 Å². The largest absolute Gasteiger partial charge is 0.464 e. The molecule has 0 spiro atoms. The zero-order valence-corrected chi connectivity index (χ0v) is 13.6. The SMILES string of the molecule is CCOC(=O)C1(NC(=O)/C=C/c2c(F)cccc2F)CCCCC1. The first-order valence-electron chi connectivity index (χ1n) is 8.10. The van der Waals surface area contributed by atoms with Gasteiger partial charge in [-0.15, -0.1) is 0 Å². The molecule has 1 aromatic carbocycles. The van der Waals surface area contributed by atoms with E-state index in [0.717, 1.165) is 43.5 Å². The Balaban J connectivity index is 2.13. The van der Waals surface area contributed by atoms with Gasteiger partial charge < -0.3 is 10.1 Å². The maximum Gasteiger partial charge on any atom is 0.331 e. The van der Waals surface area contributed by atoms with Gasteiger partial charge in [-0.05, 0) is 38.0 Å². The predicted molar refractivity (Wildman–Crippen MR) is 86.0 cm³/mol. The van der Waals surface area contributed by atoms with Gasteiger partial charge in [0.1, 0.15) is 17.2 Å². The van der Waals surface area contributed by atoms with Crippen molar-refractivity contribution in [1.82, 2.24) is 5.32 Å². The summed E-state index contributed by atoms with van der Waals surface area (Å²) >= 11 is 0. The molecule has 0 aliphatic heterocycles. The van der Waals surface area contributed by atoms with Crippen LogP contribution in [0.4, 0.5) is 8.78 Å². The third-order valence-electron chi connectivity index (χ3n) is 4.14. The topological polar surface area (TPSA) is 55.4 Å². The van der Waals surface area contributed by atoms with Crippen molar-refractivity contribution >= 4 is 18.0 Å². The van der Waals surface area contributed by atoms with Crippen LogP contribution in [0, 0.1) is 11.6 Å². The zero-order valence-electron chi connectivity index (χ0n) is 13.6. The molecule has 0 saturated heterocycles. The number of carbonyl (C=O) groups is 2. The summed E-state index contributed by atoms with van der Waals surface area (Å²) in [6.45, 7) is 1.93. The van der Waals surface area contributed by atoms with Gasteiger partial charge in [0.2, 0.25) is 5.91 Å². The van der Waals surface area contributed by atoms with Crippen molar-refractivity contribution in [2.45, 2.75) is 44.6 Å². The molecule has 130 valence electrons. The maximum atomic E-state index is 13.6. The lowest BCUT2D eigenvalue weighted by atomic mass is 9.81. The first-order valence-corrected chi connectivity index (χ1v) is 8.10. The number of hydrogen-bond donors (Lipinski definition) is 1. The van der Waals surface area contributed by atoms with Gasteiger partial charge in [-0.25, -0.2) is 13.6 Å². The highest BCUT2D eigenvalue weighted by atomic mass is 19.1. The van der Waals surface area contributed by atoms with Crippen LogP contribution in [-0.2, 0) is 14.3 Å². The molecule has 4 nitrogen and oxygen atoms in total. The highest BCUT2D eigenvalue weighted by molar-refractivity contribution is 5.96. The molecule has 1 fully saturated rings. The van der Waals surface area contributed by atoms with Crippen molar-refractivity contribution in [3.8, 4) is 0 Å². The Morgan fingerprint density at radius 2 is 1.83 bits per heavy atom. The Kier molecular flexibility index (Phi) is 6.06. The monoisotopic (exact) mass is 337 g/mol. The van der Waals surface area contributed by atoms with Crippen LogP contribution in [0.25, 0.3) is 6.08 Å². The van der Waals surface area contributed by atoms with Crippen molar-refractivity contribution < 1.29 is 23.1 Å². The van der Waals surface area contributed by atoms with E-state index in [1.807, 2.05) is 0 Å². The summed E-state index contributed by atoms with van der Waals surface area (Å²) in [5, 5.41) is 2.68.